The van der Waals surface area contributed by atoms with Gasteiger partial charge in [-0.3, -0.25) is 5.10 Å². The van der Waals surface area contributed by atoms with Gasteiger partial charge < -0.3 is 10.1 Å². The van der Waals surface area contributed by atoms with Gasteiger partial charge in [0.05, 0.1) is 17.9 Å². The molecule has 6 heteroatoms. The van der Waals surface area contributed by atoms with Crippen molar-refractivity contribution in [2.75, 3.05) is 18.5 Å². The first kappa shape index (κ1) is 18.8. The Kier molecular flexibility index (Phi) is 5.06. The SMILES string of the molecule is CC1(C)CCc2c(-c3cc(F)nc(NCCOC(C)(C)C)c3)n[nH]c2C1. The van der Waals surface area contributed by atoms with Crippen LogP contribution in [0.15, 0.2) is 12.1 Å². The maximum absolute atomic E-state index is 14.1. The number of aromatic nitrogens is 3. The monoisotopic (exact) mass is 360 g/mol. The van der Waals surface area contributed by atoms with E-state index in [-0.39, 0.29) is 11.0 Å². The molecule has 0 fully saturated rings. The minimum atomic E-state index is -0.505. The summed E-state index contributed by atoms with van der Waals surface area (Å²) in [6, 6.07) is 3.31. The number of hydrogen-bond acceptors (Lipinski definition) is 4. The molecule has 0 radical (unpaired) electrons. The van der Waals surface area contributed by atoms with Gasteiger partial charge in [0.25, 0.3) is 0 Å². The minimum Gasteiger partial charge on any atom is -0.374 e. The molecule has 2 aromatic heterocycles. The van der Waals surface area contributed by atoms with Gasteiger partial charge >= 0.3 is 0 Å². The molecule has 26 heavy (non-hydrogen) atoms. The Morgan fingerprint density at radius 2 is 2.08 bits per heavy atom. The van der Waals surface area contributed by atoms with Crippen LogP contribution in [0.25, 0.3) is 11.3 Å². The molecule has 0 aliphatic heterocycles. The molecule has 2 N–H and O–H groups in total. The molecule has 0 unspecified atom stereocenters. The van der Waals surface area contributed by atoms with Crippen LogP contribution in [0.2, 0.25) is 0 Å². The summed E-state index contributed by atoms with van der Waals surface area (Å²) < 4.78 is 19.7. The first-order valence-corrected chi connectivity index (χ1v) is 9.25. The summed E-state index contributed by atoms with van der Waals surface area (Å²) in [5.74, 6) is 0.0000255. The molecule has 142 valence electrons. The van der Waals surface area contributed by atoms with Crippen molar-refractivity contribution < 1.29 is 9.13 Å². The van der Waals surface area contributed by atoms with Gasteiger partial charge in [-0.05, 0) is 51.5 Å². The number of pyridine rings is 1. The highest BCUT2D eigenvalue weighted by molar-refractivity contribution is 5.67. The average Bonchev–Trinajstić information content (AvgIpc) is 2.91. The lowest BCUT2D eigenvalue weighted by Gasteiger charge is -2.29. The number of nitrogens with one attached hydrogen (secondary N) is 2. The van der Waals surface area contributed by atoms with Crippen molar-refractivity contribution in [3.8, 4) is 11.3 Å². The maximum Gasteiger partial charge on any atom is 0.215 e. The van der Waals surface area contributed by atoms with Crippen LogP contribution in [-0.2, 0) is 17.6 Å². The average molecular weight is 360 g/mol. The van der Waals surface area contributed by atoms with Crippen LogP contribution in [0.5, 0.6) is 0 Å². The fraction of sp³-hybridized carbons (Fsp3) is 0.600. The highest BCUT2D eigenvalue weighted by Crippen LogP contribution is 2.38. The second kappa shape index (κ2) is 6.99. The van der Waals surface area contributed by atoms with Crippen LogP contribution >= 0.6 is 0 Å². The third-order valence-electron chi connectivity index (χ3n) is 4.67. The molecule has 2 aromatic rings. The van der Waals surface area contributed by atoms with Crippen molar-refractivity contribution in [2.24, 2.45) is 5.41 Å². The van der Waals surface area contributed by atoms with Crippen molar-refractivity contribution in [1.29, 1.82) is 0 Å². The van der Waals surface area contributed by atoms with E-state index in [0.29, 0.717) is 19.0 Å². The summed E-state index contributed by atoms with van der Waals surface area (Å²) in [5.41, 5.74) is 4.06. The highest BCUT2D eigenvalue weighted by atomic mass is 19.1. The number of H-pyrrole nitrogens is 1. The quantitative estimate of drug-likeness (QED) is 0.614. The Balaban J connectivity index is 1.76. The zero-order valence-electron chi connectivity index (χ0n) is 16.4. The zero-order valence-corrected chi connectivity index (χ0v) is 16.4. The molecule has 0 bridgehead atoms. The molecule has 0 saturated carbocycles. The van der Waals surface area contributed by atoms with Crippen LogP contribution in [-0.4, -0.2) is 33.9 Å². The number of halogens is 1. The summed E-state index contributed by atoms with van der Waals surface area (Å²) in [5, 5.41) is 10.8. The van der Waals surface area contributed by atoms with E-state index in [2.05, 4.69) is 34.3 Å². The maximum atomic E-state index is 14.1. The van der Waals surface area contributed by atoms with E-state index in [1.807, 2.05) is 26.8 Å². The van der Waals surface area contributed by atoms with E-state index in [9.17, 15) is 4.39 Å². The standard InChI is InChI=1S/C20H29FN4O/c1-19(2,3)26-9-8-22-17-11-13(10-16(21)23-17)18-14-6-7-20(4,5)12-15(14)24-25-18/h10-11H,6-9,12H2,1-5H3,(H,22,23)(H,24,25). The lowest BCUT2D eigenvalue weighted by Crippen LogP contribution is -2.23. The number of anilines is 1. The Morgan fingerprint density at radius 1 is 1.31 bits per heavy atom. The summed E-state index contributed by atoms with van der Waals surface area (Å²) >= 11 is 0. The lowest BCUT2D eigenvalue weighted by atomic mass is 9.76. The number of hydrogen-bond donors (Lipinski definition) is 2. The Hall–Kier alpha value is -1.95. The van der Waals surface area contributed by atoms with E-state index in [4.69, 9.17) is 4.74 Å². The van der Waals surface area contributed by atoms with Gasteiger partial charge in [-0.15, -0.1) is 0 Å². The first-order chi connectivity index (χ1) is 12.1. The number of rotatable bonds is 5. The molecule has 0 spiro atoms. The Bertz CT molecular complexity index is 777. The van der Waals surface area contributed by atoms with Crippen molar-refractivity contribution in [2.45, 2.75) is 59.5 Å². The van der Waals surface area contributed by atoms with Gasteiger partial charge in [-0.1, -0.05) is 13.8 Å². The van der Waals surface area contributed by atoms with Crippen LogP contribution in [0.1, 0.15) is 52.3 Å². The third-order valence-corrected chi connectivity index (χ3v) is 4.67. The predicted octanol–water partition coefficient (Wildman–Crippen LogP) is 4.35. The van der Waals surface area contributed by atoms with E-state index < -0.39 is 5.95 Å². The van der Waals surface area contributed by atoms with Crippen LogP contribution in [0.3, 0.4) is 0 Å². The van der Waals surface area contributed by atoms with Gasteiger partial charge in [-0.2, -0.15) is 9.49 Å². The topological polar surface area (TPSA) is 62.8 Å². The van der Waals surface area contributed by atoms with Gasteiger partial charge in [0.15, 0.2) is 0 Å². The van der Waals surface area contributed by atoms with Crippen molar-refractivity contribution in [3.63, 3.8) is 0 Å². The first-order valence-electron chi connectivity index (χ1n) is 9.25. The fourth-order valence-electron chi connectivity index (χ4n) is 3.35. The summed E-state index contributed by atoms with van der Waals surface area (Å²) in [4.78, 5) is 3.94. The van der Waals surface area contributed by atoms with Crippen molar-refractivity contribution in [1.82, 2.24) is 15.2 Å². The van der Waals surface area contributed by atoms with Crippen LogP contribution < -0.4 is 5.32 Å². The number of fused-ring (bicyclic) bond motifs is 1. The molecule has 0 saturated heterocycles. The number of ether oxygens (including phenoxy) is 1. The second-order valence-corrected chi connectivity index (χ2v) is 8.82. The molecule has 0 aromatic carbocycles. The van der Waals surface area contributed by atoms with Gasteiger partial charge in [-0.25, -0.2) is 4.98 Å². The minimum absolute atomic E-state index is 0.190. The third kappa shape index (κ3) is 4.61. The molecule has 2 heterocycles. The van der Waals surface area contributed by atoms with Crippen molar-refractivity contribution >= 4 is 5.82 Å². The summed E-state index contributed by atoms with van der Waals surface area (Å²) in [6.45, 7) is 11.7. The molecule has 5 nitrogen and oxygen atoms in total. The molecular formula is C20H29FN4O. The number of nitrogens with zero attached hydrogens (tertiary/aromatic N) is 2. The number of aromatic amines is 1. The van der Waals surface area contributed by atoms with Crippen molar-refractivity contribution in [3.05, 3.63) is 29.3 Å². The molecule has 1 aliphatic carbocycles. The molecule has 0 atom stereocenters. The van der Waals surface area contributed by atoms with E-state index >= 15 is 0 Å². The largest absolute Gasteiger partial charge is 0.374 e. The van der Waals surface area contributed by atoms with E-state index in [1.54, 1.807) is 0 Å². The van der Waals surface area contributed by atoms with Gasteiger partial charge in [0.1, 0.15) is 5.82 Å². The fourth-order valence-corrected chi connectivity index (χ4v) is 3.35. The van der Waals surface area contributed by atoms with Gasteiger partial charge in [0.2, 0.25) is 5.95 Å². The smallest absolute Gasteiger partial charge is 0.215 e. The summed E-state index contributed by atoms with van der Waals surface area (Å²) in [7, 11) is 0. The Labute approximate surface area is 154 Å². The predicted molar refractivity (Wildman–Crippen MR) is 102 cm³/mol. The zero-order chi connectivity index (χ0) is 18.9. The van der Waals surface area contributed by atoms with E-state index in [0.717, 1.165) is 30.5 Å². The molecule has 3 rings (SSSR count). The van der Waals surface area contributed by atoms with Crippen LogP contribution in [0.4, 0.5) is 10.2 Å². The highest BCUT2D eigenvalue weighted by Gasteiger charge is 2.29. The second-order valence-electron chi connectivity index (χ2n) is 8.82. The summed E-state index contributed by atoms with van der Waals surface area (Å²) in [6.07, 6.45) is 3.04. The lowest BCUT2D eigenvalue weighted by molar-refractivity contribution is 0.00330. The molecule has 0 amide bonds. The molecule has 1 aliphatic rings. The normalized spacial score (nSPS) is 16.4. The Morgan fingerprint density at radius 3 is 2.81 bits per heavy atom. The van der Waals surface area contributed by atoms with E-state index in [1.165, 1.54) is 17.3 Å². The van der Waals surface area contributed by atoms with Gasteiger partial charge in [0, 0.05) is 29.4 Å². The molecular weight excluding hydrogens is 331 g/mol. The van der Waals surface area contributed by atoms with Crippen LogP contribution in [0, 0.1) is 11.4 Å².